The Hall–Kier alpha value is -1.82. The number of piperazine rings is 1. The fourth-order valence-corrected chi connectivity index (χ4v) is 3.78. The smallest absolute Gasteiger partial charge is 0.175 e. The Bertz CT molecular complexity index is 894. The lowest BCUT2D eigenvalue weighted by Gasteiger charge is -2.36. The Morgan fingerprint density at radius 2 is 1.62 bits per heavy atom. The predicted molar refractivity (Wildman–Crippen MR) is 102 cm³/mol. The average molecular weight is 359 g/mol. The van der Waals surface area contributed by atoms with Gasteiger partial charge in [0.05, 0.1) is 21.7 Å². The maximum absolute atomic E-state index is 6.49. The van der Waals surface area contributed by atoms with Crippen LogP contribution in [0.4, 0.5) is 5.69 Å². The molecular formula is C18H19ClN4S. The number of aromatic amines is 2. The number of halogens is 1. The van der Waals surface area contributed by atoms with Gasteiger partial charge in [0.15, 0.2) is 4.77 Å². The van der Waals surface area contributed by atoms with E-state index in [2.05, 4.69) is 56.2 Å². The van der Waals surface area contributed by atoms with E-state index in [1.807, 2.05) is 6.07 Å². The van der Waals surface area contributed by atoms with Gasteiger partial charge in [-0.2, -0.15) is 0 Å². The summed E-state index contributed by atoms with van der Waals surface area (Å²) in [4.78, 5) is 11.1. The number of aromatic nitrogens is 2. The van der Waals surface area contributed by atoms with Gasteiger partial charge < -0.3 is 14.9 Å². The first kappa shape index (κ1) is 15.7. The molecule has 0 bridgehead atoms. The van der Waals surface area contributed by atoms with Crippen molar-refractivity contribution in [3.8, 4) is 0 Å². The van der Waals surface area contributed by atoms with Crippen molar-refractivity contribution in [2.24, 2.45) is 0 Å². The van der Waals surface area contributed by atoms with Gasteiger partial charge in [-0.1, -0.05) is 41.9 Å². The van der Waals surface area contributed by atoms with Crippen LogP contribution in [0.1, 0.15) is 5.56 Å². The van der Waals surface area contributed by atoms with E-state index in [0.29, 0.717) is 4.77 Å². The Kier molecular flexibility index (Phi) is 4.31. The standard InChI is InChI=1S/C18H19ClN4S/c19-14-10-15-16(21-18(24)20-15)11-17(14)23-8-6-22(7-9-23)12-13-4-2-1-3-5-13/h1-5,10-11H,6-9,12H2,(H2,20,21,24). The summed E-state index contributed by atoms with van der Waals surface area (Å²) in [5.41, 5.74) is 4.40. The molecule has 4 nitrogen and oxygen atoms in total. The van der Waals surface area contributed by atoms with Gasteiger partial charge in [0.25, 0.3) is 0 Å². The second-order valence-electron chi connectivity index (χ2n) is 6.18. The molecule has 0 spiro atoms. The van der Waals surface area contributed by atoms with Crippen LogP contribution < -0.4 is 4.90 Å². The van der Waals surface area contributed by atoms with Crippen LogP contribution >= 0.6 is 23.8 Å². The van der Waals surface area contributed by atoms with Crippen molar-refractivity contribution in [3.05, 3.63) is 57.8 Å². The fourth-order valence-electron chi connectivity index (χ4n) is 3.28. The lowest BCUT2D eigenvalue weighted by atomic mass is 10.2. The summed E-state index contributed by atoms with van der Waals surface area (Å²) in [5, 5.41) is 0.768. The molecule has 6 heteroatoms. The minimum atomic E-state index is 0.630. The number of H-pyrrole nitrogens is 2. The largest absolute Gasteiger partial charge is 0.368 e. The summed E-state index contributed by atoms with van der Waals surface area (Å²) in [5.74, 6) is 0. The lowest BCUT2D eigenvalue weighted by molar-refractivity contribution is 0.250. The number of anilines is 1. The van der Waals surface area contributed by atoms with Crippen LogP contribution in [0.2, 0.25) is 5.02 Å². The van der Waals surface area contributed by atoms with E-state index < -0.39 is 0 Å². The van der Waals surface area contributed by atoms with Gasteiger partial charge in [-0.3, -0.25) is 4.90 Å². The van der Waals surface area contributed by atoms with Crippen molar-refractivity contribution in [3.63, 3.8) is 0 Å². The number of hydrogen-bond donors (Lipinski definition) is 2. The van der Waals surface area contributed by atoms with Crippen molar-refractivity contribution in [2.45, 2.75) is 6.54 Å². The van der Waals surface area contributed by atoms with Gasteiger partial charge in [-0.05, 0) is 29.9 Å². The van der Waals surface area contributed by atoms with E-state index in [0.717, 1.165) is 54.5 Å². The monoisotopic (exact) mass is 358 g/mol. The van der Waals surface area contributed by atoms with Crippen LogP contribution in [-0.4, -0.2) is 41.0 Å². The summed E-state index contributed by atoms with van der Waals surface area (Å²) < 4.78 is 0.630. The van der Waals surface area contributed by atoms with Gasteiger partial charge in [0, 0.05) is 32.7 Å². The number of benzene rings is 2. The lowest BCUT2D eigenvalue weighted by Crippen LogP contribution is -2.46. The molecule has 1 fully saturated rings. The first-order valence-corrected chi connectivity index (χ1v) is 8.90. The highest BCUT2D eigenvalue weighted by molar-refractivity contribution is 7.71. The van der Waals surface area contributed by atoms with Crippen LogP contribution in [0, 0.1) is 4.77 Å². The molecule has 0 amide bonds. The van der Waals surface area contributed by atoms with E-state index in [1.54, 1.807) is 0 Å². The number of fused-ring (bicyclic) bond motifs is 1. The topological polar surface area (TPSA) is 38.1 Å². The Labute approximate surface area is 151 Å². The van der Waals surface area contributed by atoms with Crippen LogP contribution in [0.15, 0.2) is 42.5 Å². The van der Waals surface area contributed by atoms with Crippen LogP contribution in [0.5, 0.6) is 0 Å². The maximum atomic E-state index is 6.49. The number of nitrogens with zero attached hydrogens (tertiary/aromatic N) is 2. The third-order valence-electron chi connectivity index (χ3n) is 4.55. The molecule has 4 rings (SSSR count). The van der Waals surface area contributed by atoms with E-state index >= 15 is 0 Å². The Morgan fingerprint density at radius 3 is 2.33 bits per heavy atom. The third-order valence-corrected chi connectivity index (χ3v) is 5.05. The molecule has 24 heavy (non-hydrogen) atoms. The molecule has 1 aromatic heterocycles. The van der Waals surface area contributed by atoms with Gasteiger partial charge in [-0.25, -0.2) is 0 Å². The van der Waals surface area contributed by atoms with E-state index in [-0.39, 0.29) is 0 Å². The molecule has 0 radical (unpaired) electrons. The van der Waals surface area contributed by atoms with E-state index in [4.69, 9.17) is 23.8 Å². The zero-order valence-electron chi connectivity index (χ0n) is 13.3. The molecule has 124 valence electrons. The fraction of sp³-hybridized carbons (Fsp3) is 0.278. The Balaban J connectivity index is 1.47. The molecule has 1 aliphatic rings. The summed E-state index contributed by atoms with van der Waals surface area (Å²) >= 11 is 11.6. The van der Waals surface area contributed by atoms with Crippen LogP contribution in [-0.2, 0) is 6.54 Å². The average Bonchev–Trinajstić information content (AvgIpc) is 2.95. The molecule has 2 heterocycles. The van der Waals surface area contributed by atoms with Crippen molar-refractivity contribution >= 4 is 40.5 Å². The molecule has 0 aliphatic carbocycles. The van der Waals surface area contributed by atoms with Crippen LogP contribution in [0.3, 0.4) is 0 Å². The number of nitrogens with one attached hydrogen (secondary N) is 2. The van der Waals surface area contributed by atoms with E-state index in [9.17, 15) is 0 Å². The Morgan fingerprint density at radius 1 is 0.958 bits per heavy atom. The zero-order chi connectivity index (χ0) is 16.5. The van der Waals surface area contributed by atoms with Gasteiger partial charge >= 0.3 is 0 Å². The molecule has 3 aromatic rings. The molecule has 0 saturated carbocycles. The number of rotatable bonds is 3. The third kappa shape index (κ3) is 3.20. The summed E-state index contributed by atoms with van der Waals surface area (Å²) in [6.07, 6.45) is 0. The molecule has 0 atom stereocenters. The van der Waals surface area contributed by atoms with E-state index in [1.165, 1.54) is 5.56 Å². The van der Waals surface area contributed by atoms with Crippen molar-refractivity contribution < 1.29 is 0 Å². The molecule has 0 unspecified atom stereocenters. The normalized spacial score (nSPS) is 16.0. The van der Waals surface area contributed by atoms with Crippen molar-refractivity contribution in [2.75, 3.05) is 31.1 Å². The quantitative estimate of drug-likeness (QED) is 0.689. The predicted octanol–water partition coefficient (Wildman–Crippen LogP) is 4.20. The van der Waals surface area contributed by atoms with Gasteiger partial charge in [0.1, 0.15) is 0 Å². The molecule has 1 aliphatic heterocycles. The van der Waals surface area contributed by atoms with Gasteiger partial charge in [0.2, 0.25) is 0 Å². The van der Waals surface area contributed by atoms with Crippen molar-refractivity contribution in [1.82, 2.24) is 14.9 Å². The second-order valence-corrected chi connectivity index (χ2v) is 6.99. The second kappa shape index (κ2) is 6.59. The minimum Gasteiger partial charge on any atom is -0.368 e. The first-order chi connectivity index (χ1) is 11.7. The highest BCUT2D eigenvalue weighted by Crippen LogP contribution is 2.30. The summed E-state index contributed by atoms with van der Waals surface area (Å²) in [6, 6.07) is 14.7. The first-order valence-electron chi connectivity index (χ1n) is 8.12. The van der Waals surface area contributed by atoms with Crippen LogP contribution in [0.25, 0.3) is 11.0 Å². The molecule has 2 N–H and O–H groups in total. The van der Waals surface area contributed by atoms with Crippen molar-refractivity contribution in [1.29, 1.82) is 0 Å². The summed E-state index contributed by atoms with van der Waals surface area (Å²) in [6.45, 7) is 5.03. The number of hydrogen-bond acceptors (Lipinski definition) is 3. The highest BCUT2D eigenvalue weighted by atomic mass is 35.5. The summed E-state index contributed by atoms with van der Waals surface area (Å²) in [7, 11) is 0. The molecule has 1 saturated heterocycles. The minimum absolute atomic E-state index is 0.630. The zero-order valence-corrected chi connectivity index (χ0v) is 14.8. The number of imidazole rings is 1. The highest BCUT2D eigenvalue weighted by Gasteiger charge is 2.19. The molecular weight excluding hydrogens is 340 g/mol. The molecule has 2 aromatic carbocycles. The maximum Gasteiger partial charge on any atom is 0.175 e. The van der Waals surface area contributed by atoms with Gasteiger partial charge in [-0.15, -0.1) is 0 Å². The SMILES string of the molecule is S=c1[nH]c2cc(Cl)c(N3CCN(Cc4ccccc4)CC3)cc2[nH]1.